The molecule has 69 valence electrons. The first-order valence-corrected chi connectivity index (χ1v) is 4.27. The van der Waals surface area contributed by atoms with Crippen molar-refractivity contribution >= 4 is 0 Å². The van der Waals surface area contributed by atoms with Crippen molar-refractivity contribution in [2.45, 2.75) is 6.42 Å². The van der Waals surface area contributed by atoms with Crippen LogP contribution in [0.25, 0.3) is 0 Å². The molecule has 0 aromatic heterocycles. The van der Waals surface area contributed by atoms with E-state index in [0.717, 1.165) is 13.5 Å². The first kappa shape index (κ1) is 14.3. The molecule has 0 aliphatic heterocycles. The number of aliphatic hydroxyl groups excluding tert-OH is 2. The Labute approximate surface area is 84.7 Å². The first-order chi connectivity index (χ1) is 5.93. The van der Waals surface area contributed by atoms with Crippen LogP contribution in [0.15, 0.2) is 24.3 Å². The van der Waals surface area contributed by atoms with Crippen LogP contribution in [0, 0.1) is 0 Å². The Balaban J connectivity index is 0. The van der Waals surface area contributed by atoms with Gasteiger partial charge in [0.05, 0.1) is 0 Å². The zero-order valence-corrected chi connectivity index (χ0v) is 9.17. The maximum absolute atomic E-state index is 8.44. The fourth-order valence-electron chi connectivity index (χ4n) is 0.710. The van der Waals surface area contributed by atoms with E-state index in [1.54, 1.807) is 0 Å². The van der Waals surface area contributed by atoms with E-state index in [1.807, 2.05) is 24.3 Å². The van der Waals surface area contributed by atoms with Crippen LogP contribution in [0.3, 0.4) is 0 Å². The molecular weight excluding hydrogens is 237 g/mol. The van der Waals surface area contributed by atoms with Gasteiger partial charge in [0.1, 0.15) is 0 Å². The normalized spacial score (nSPS) is 7.17. The van der Waals surface area contributed by atoms with Crippen molar-refractivity contribution in [2.75, 3.05) is 13.7 Å². The molecule has 0 spiro atoms. The van der Waals surface area contributed by atoms with E-state index in [2.05, 4.69) is 0 Å². The number of hydrogen-bond acceptors (Lipinski definition) is 3. The molecule has 1 rings (SSSR count). The van der Waals surface area contributed by atoms with Gasteiger partial charge in [-0.1, -0.05) is 0 Å². The topological polar surface area (TPSA) is 57.5 Å². The Morgan fingerprint density at radius 1 is 1.50 bits per heavy atom. The van der Waals surface area contributed by atoms with Crippen LogP contribution in [0.1, 0.15) is 5.56 Å². The summed E-state index contributed by atoms with van der Waals surface area (Å²) in [7, 11) is 1.00. The molecule has 0 atom stereocenters. The molecule has 0 bridgehead atoms. The minimum absolute atomic E-state index is 0.254. The molecule has 0 unspecified atom stereocenters. The summed E-state index contributed by atoms with van der Waals surface area (Å²) in [6, 6.07) is 7.97. The molecule has 12 heavy (non-hydrogen) atoms. The fourth-order valence-corrected chi connectivity index (χ4v) is 0.710. The Bertz CT molecular complexity index is 151. The van der Waals surface area contributed by atoms with Crippen molar-refractivity contribution in [3.8, 4) is 0 Å². The van der Waals surface area contributed by atoms with Crippen molar-refractivity contribution in [2.24, 2.45) is 0 Å². The second-order valence-corrected chi connectivity index (χ2v) is 1.77. The van der Waals surface area contributed by atoms with Crippen LogP contribution in [-0.4, -0.2) is 23.9 Å². The maximum atomic E-state index is 8.44. The molecule has 0 aliphatic rings. The van der Waals surface area contributed by atoms with E-state index in [0.29, 0.717) is 21.0 Å². The summed E-state index contributed by atoms with van der Waals surface area (Å²) in [5, 5.41) is 15.4. The summed E-state index contributed by atoms with van der Waals surface area (Å²) in [6.45, 7) is 0.254. The third kappa shape index (κ3) is 7.91. The van der Waals surface area contributed by atoms with Crippen molar-refractivity contribution in [1.82, 2.24) is 0 Å². The number of rotatable bonds is 2. The Morgan fingerprint density at radius 2 is 2.08 bits per heavy atom. The van der Waals surface area contributed by atoms with Crippen LogP contribution in [0.4, 0.5) is 0 Å². The van der Waals surface area contributed by atoms with Gasteiger partial charge in [-0.3, -0.25) is 0 Å². The van der Waals surface area contributed by atoms with Gasteiger partial charge in [0.25, 0.3) is 0 Å². The van der Waals surface area contributed by atoms with E-state index in [-0.39, 0.29) is 6.61 Å². The molecule has 0 saturated heterocycles. The summed E-state index contributed by atoms with van der Waals surface area (Å²) in [6.07, 6.45) is 0.785. The third-order valence-corrected chi connectivity index (χ3v) is 1.13. The van der Waals surface area contributed by atoms with Crippen LogP contribution in [-0.2, 0) is 30.7 Å². The number of aliphatic hydroxyl groups is 2. The van der Waals surface area contributed by atoms with Gasteiger partial charge in [0.15, 0.2) is 0 Å². The van der Waals surface area contributed by atoms with E-state index < -0.39 is 0 Å². The molecule has 0 amide bonds. The molecular formula is C8H13NbO3-. The third-order valence-electron chi connectivity index (χ3n) is 1.13. The zero-order chi connectivity index (χ0) is 9.82. The average molecular weight is 250 g/mol. The Morgan fingerprint density at radius 3 is 2.42 bits per heavy atom. The molecule has 3 nitrogen and oxygen atoms in total. The molecule has 0 radical (unpaired) electrons. The average Bonchev–Trinajstić information content (AvgIpc) is 2.65. The summed E-state index contributed by atoms with van der Waals surface area (Å²) in [4.78, 5) is 0. The predicted molar refractivity (Wildman–Crippen MR) is 41.7 cm³/mol. The van der Waals surface area contributed by atoms with Crippen LogP contribution >= 0.6 is 0 Å². The Hall–Kier alpha value is -0.190. The standard InChI is InChI=1S/C7H9O.CH4O.Nb.O/c8-6-5-7-3-1-2-4-7;1-2;;/h1-4,8H,5-6H2;2H,1H3;;/q-1;;;. The van der Waals surface area contributed by atoms with Gasteiger partial charge in [-0.15, -0.1) is 0 Å². The van der Waals surface area contributed by atoms with Gasteiger partial charge in [-0.05, 0) is 6.42 Å². The first-order valence-electron chi connectivity index (χ1n) is 3.38. The molecule has 1 aromatic carbocycles. The molecule has 1 aromatic rings. The van der Waals surface area contributed by atoms with Crippen molar-refractivity contribution < 1.29 is 34.5 Å². The summed E-state index contributed by atoms with van der Waals surface area (Å²) < 4.78 is 8.30. The molecule has 0 saturated carbocycles. The molecule has 0 aliphatic carbocycles. The SMILES string of the molecule is CO.OCCc1ccc[cH-]1.[O]=[Nb]. The number of hydrogen-bond donors (Lipinski definition) is 2. The molecule has 0 heterocycles. The molecule has 4 heteroatoms. The monoisotopic (exact) mass is 250 g/mol. The van der Waals surface area contributed by atoms with Crippen molar-refractivity contribution in [1.29, 1.82) is 0 Å². The van der Waals surface area contributed by atoms with Crippen LogP contribution < -0.4 is 0 Å². The van der Waals surface area contributed by atoms with Crippen molar-refractivity contribution in [3.05, 3.63) is 29.8 Å². The zero-order valence-electron chi connectivity index (χ0n) is 6.97. The Kier molecular flexibility index (Phi) is 16.0. The van der Waals surface area contributed by atoms with Gasteiger partial charge in [-0.2, -0.15) is 17.7 Å². The van der Waals surface area contributed by atoms with Gasteiger partial charge in [0, 0.05) is 13.7 Å². The summed E-state index contributed by atoms with van der Waals surface area (Å²) in [5.41, 5.74) is 1.22. The molecule has 0 fully saturated rings. The summed E-state index contributed by atoms with van der Waals surface area (Å²) >= 11 is 0.500. The van der Waals surface area contributed by atoms with E-state index in [9.17, 15) is 0 Å². The van der Waals surface area contributed by atoms with Gasteiger partial charge >= 0.3 is 24.3 Å². The van der Waals surface area contributed by atoms with Gasteiger partial charge < -0.3 is 10.2 Å². The van der Waals surface area contributed by atoms with E-state index >= 15 is 0 Å². The quantitative estimate of drug-likeness (QED) is 0.591. The second-order valence-electron chi connectivity index (χ2n) is 1.77. The second kappa shape index (κ2) is 13.4. The van der Waals surface area contributed by atoms with E-state index in [1.165, 1.54) is 5.56 Å². The predicted octanol–water partition coefficient (Wildman–Crippen LogP) is 0.427. The summed E-state index contributed by atoms with van der Waals surface area (Å²) in [5.74, 6) is 0. The van der Waals surface area contributed by atoms with E-state index in [4.69, 9.17) is 13.5 Å². The van der Waals surface area contributed by atoms with Gasteiger partial charge in [0.2, 0.25) is 0 Å². The molecule has 2 N–H and O–H groups in total. The fraction of sp³-hybridized carbons (Fsp3) is 0.375. The van der Waals surface area contributed by atoms with Crippen LogP contribution in [0.5, 0.6) is 0 Å². The van der Waals surface area contributed by atoms with Crippen LogP contribution in [0.2, 0.25) is 0 Å². The van der Waals surface area contributed by atoms with Crippen molar-refractivity contribution in [3.63, 3.8) is 0 Å². The van der Waals surface area contributed by atoms with Gasteiger partial charge in [-0.25, -0.2) is 12.1 Å². The minimum atomic E-state index is 0.254.